The Balaban J connectivity index is 2.25. The smallest absolute Gasteiger partial charge is 0.0701 e. The fourth-order valence-electron chi connectivity index (χ4n) is 1.20. The Kier molecular flexibility index (Phi) is 5.70. The third-order valence-electron chi connectivity index (χ3n) is 2.00. The van der Waals surface area contributed by atoms with Crippen molar-refractivity contribution in [2.45, 2.75) is 19.4 Å². The van der Waals surface area contributed by atoms with Crippen LogP contribution in [-0.2, 0) is 4.74 Å². The molecule has 0 spiro atoms. The van der Waals surface area contributed by atoms with Crippen LogP contribution < -0.4 is 5.32 Å². The minimum Gasteiger partial charge on any atom is -0.385 e. The highest BCUT2D eigenvalue weighted by molar-refractivity contribution is 9.11. The van der Waals surface area contributed by atoms with Gasteiger partial charge in [-0.3, -0.25) is 0 Å². The standard InChI is InChI=1S/C10H16BrNOS/c1-8(12-6-3-7-13-2)9-4-5-10(11)14-9/h4-5,8,12H,3,6-7H2,1-2H3. The molecule has 0 saturated carbocycles. The van der Waals surface area contributed by atoms with Crippen molar-refractivity contribution in [3.8, 4) is 0 Å². The molecule has 0 bridgehead atoms. The van der Waals surface area contributed by atoms with Crippen molar-refractivity contribution < 1.29 is 4.74 Å². The van der Waals surface area contributed by atoms with Gasteiger partial charge in [-0.05, 0) is 48.0 Å². The summed E-state index contributed by atoms with van der Waals surface area (Å²) in [6, 6.07) is 4.68. The van der Waals surface area contributed by atoms with Crippen molar-refractivity contribution in [1.29, 1.82) is 0 Å². The largest absolute Gasteiger partial charge is 0.385 e. The molecule has 1 aromatic rings. The summed E-state index contributed by atoms with van der Waals surface area (Å²) in [5, 5.41) is 3.46. The van der Waals surface area contributed by atoms with E-state index in [1.165, 1.54) is 8.66 Å². The van der Waals surface area contributed by atoms with Gasteiger partial charge in [-0.25, -0.2) is 0 Å². The van der Waals surface area contributed by atoms with Crippen LogP contribution in [0, 0.1) is 0 Å². The van der Waals surface area contributed by atoms with Gasteiger partial charge < -0.3 is 10.1 Å². The monoisotopic (exact) mass is 277 g/mol. The molecule has 1 heterocycles. The Labute approximate surface area is 97.8 Å². The van der Waals surface area contributed by atoms with Crippen LogP contribution in [0.3, 0.4) is 0 Å². The second-order valence-corrected chi connectivity index (χ2v) is 5.66. The quantitative estimate of drug-likeness (QED) is 0.807. The Morgan fingerprint density at radius 2 is 2.36 bits per heavy atom. The maximum Gasteiger partial charge on any atom is 0.0701 e. The Morgan fingerprint density at radius 1 is 1.57 bits per heavy atom. The van der Waals surface area contributed by atoms with Gasteiger partial charge in [0.2, 0.25) is 0 Å². The first-order chi connectivity index (χ1) is 6.74. The second kappa shape index (κ2) is 6.56. The summed E-state index contributed by atoms with van der Waals surface area (Å²) >= 11 is 5.25. The van der Waals surface area contributed by atoms with Crippen molar-refractivity contribution in [2.24, 2.45) is 0 Å². The molecule has 1 unspecified atom stereocenters. The zero-order valence-corrected chi connectivity index (χ0v) is 11.0. The number of hydrogen-bond acceptors (Lipinski definition) is 3. The Bertz CT molecular complexity index is 264. The van der Waals surface area contributed by atoms with Gasteiger partial charge in [0.05, 0.1) is 3.79 Å². The number of thiophene rings is 1. The number of ether oxygens (including phenoxy) is 1. The number of nitrogens with one attached hydrogen (secondary N) is 1. The van der Waals surface area contributed by atoms with Gasteiger partial charge in [0.25, 0.3) is 0 Å². The molecule has 0 radical (unpaired) electrons. The molecule has 0 aliphatic carbocycles. The molecule has 4 heteroatoms. The average Bonchev–Trinajstić information content (AvgIpc) is 2.59. The van der Waals surface area contributed by atoms with Crippen molar-refractivity contribution in [3.63, 3.8) is 0 Å². The molecule has 0 aliphatic heterocycles. The minimum atomic E-state index is 0.433. The highest BCUT2D eigenvalue weighted by Gasteiger charge is 2.06. The zero-order chi connectivity index (χ0) is 10.4. The summed E-state index contributed by atoms with van der Waals surface area (Å²) in [6.07, 6.45) is 1.06. The molecule has 1 N–H and O–H groups in total. The normalized spacial score (nSPS) is 13.1. The maximum atomic E-state index is 4.99. The lowest BCUT2D eigenvalue weighted by molar-refractivity contribution is 0.193. The van der Waals surface area contributed by atoms with E-state index in [-0.39, 0.29) is 0 Å². The van der Waals surface area contributed by atoms with Crippen LogP contribution >= 0.6 is 27.3 Å². The topological polar surface area (TPSA) is 21.3 Å². The third kappa shape index (κ3) is 4.09. The molecule has 80 valence electrons. The zero-order valence-electron chi connectivity index (χ0n) is 8.55. The van der Waals surface area contributed by atoms with E-state index in [0.717, 1.165) is 19.6 Å². The van der Waals surface area contributed by atoms with Crippen LogP contribution in [0.5, 0.6) is 0 Å². The van der Waals surface area contributed by atoms with Gasteiger partial charge >= 0.3 is 0 Å². The van der Waals surface area contributed by atoms with Crippen molar-refractivity contribution in [3.05, 3.63) is 20.8 Å². The molecule has 1 aromatic heterocycles. The van der Waals surface area contributed by atoms with E-state index >= 15 is 0 Å². The van der Waals surface area contributed by atoms with E-state index in [2.05, 4.69) is 40.3 Å². The Morgan fingerprint density at radius 3 is 2.93 bits per heavy atom. The summed E-state index contributed by atoms with van der Waals surface area (Å²) in [5.74, 6) is 0. The van der Waals surface area contributed by atoms with Crippen molar-refractivity contribution >= 4 is 27.3 Å². The van der Waals surface area contributed by atoms with Gasteiger partial charge in [-0.1, -0.05) is 0 Å². The second-order valence-electron chi connectivity index (χ2n) is 3.16. The minimum absolute atomic E-state index is 0.433. The fourth-order valence-corrected chi connectivity index (χ4v) is 2.65. The first kappa shape index (κ1) is 12.2. The lowest BCUT2D eigenvalue weighted by atomic mass is 10.2. The van der Waals surface area contributed by atoms with Gasteiger partial charge in [0.15, 0.2) is 0 Å². The van der Waals surface area contributed by atoms with Crippen LogP contribution in [0.2, 0.25) is 0 Å². The number of rotatable bonds is 6. The molecule has 1 atom stereocenters. The predicted molar refractivity (Wildman–Crippen MR) is 64.9 cm³/mol. The summed E-state index contributed by atoms with van der Waals surface area (Å²) in [4.78, 5) is 1.37. The van der Waals surface area contributed by atoms with Crippen LogP contribution in [0.25, 0.3) is 0 Å². The summed E-state index contributed by atoms with van der Waals surface area (Å²) in [6.45, 7) is 4.02. The molecule has 0 aliphatic rings. The van der Waals surface area contributed by atoms with Crippen LogP contribution in [0.15, 0.2) is 15.9 Å². The van der Waals surface area contributed by atoms with E-state index in [9.17, 15) is 0 Å². The first-order valence-corrected chi connectivity index (χ1v) is 6.32. The van der Waals surface area contributed by atoms with Crippen LogP contribution in [0.1, 0.15) is 24.3 Å². The van der Waals surface area contributed by atoms with Gasteiger partial charge in [-0.2, -0.15) is 0 Å². The lowest BCUT2D eigenvalue weighted by Crippen LogP contribution is -2.19. The van der Waals surface area contributed by atoms with Gasteiger partial charge in [0, 0.05) is 24.6 Å². The Hall–Kier alpha value is 0.1000. The highest BCUT2D eigenvalue weighted by atomic mass is 79.9. The van der Waals surface area contributed by atoms with E-state index in [0.29, 0.717) is 6.04 Å². The van der Waals surface area contributed by atoms with Crippen LogP contribution in [0.4, 0.5) is 0 Å². The van der Waals surface area contributed by atoms with E-state index < -0.39 is 0 Å². The summed E-state index contributed by atoms with van der Waals surface area (Å²) in [7, 11) is 1.74. The molecule has 1 rings (SSSR count). The van der Waals surface area contributed by atoms with Crippen molar-refractivity contribution in [2.75, 3.05) is 20.3 Å². The fraction of sp³-hybridized carbons (Fsp3) is 0.600. The van der Waals surface area contributed by atoms with E-state index in [1.807, 2.05) is 0 Å². The molecule has 0 fully saturated rings. The molecule has 14 heavy (non-hydrogen) atoms. The summed E-state index contributed by atoms with van der Waals surface area (Å²) < 4.78 is 6.18. The number of halogens is 1. The molecular formula is C10H16BrNOS. The van der Waals surface area contributed by atoms with Gasteiger partial charge in [0.1, 0.15) is 0 Å². The van der Waals surface area contributed by atoms with Gasteiger partial charge in [-0.15, -0.1) is 11.3 Å². The average molecular weight is 278 g/mol. The predicted octanol–water partition coefficient (Wildman–Crippen LogP) is 3.20. The first-order valence-electron chi connectivity index (χ1n) is 4.71. The van der Waals surface area contributed by atoms with Crippen LogP contribution in [-0.4, -0.2) is 20.3 Å². The molecule has 2 nitrogen and oxygen atoms in total. The SMILES string of the molecule is COCCCNC(C)c1ccc(Br)s1. The highest BCUT2D eigenvalue weighted by Crippen LogP contribution is 2.26. The molecular weight excluding hydrogens is 262 g/mol. The third-order valence-corrected chi connectivity index (χ3v) is 3.80. The number of methoxy groups -OCH3 is 1. The molecule has 0 aromatic carbocycles. The van der Waals surface area contributed by atoms with E-state index in [1.54, 1.807) is 18.4 Å². The number of hydrogen-bond donors (Lipinski definition) is 1. The van der Waals surface area contributed by atoms with E-state index in [4.69, 9.17) is 4.74 Å². The maximum absolute atomic E-state index is 4.99. The summed E-state index contributed by atoms with van der Waals surface area (Å²) in [5.41, 5.74) is 0. The lowest BCUT2D eigenvalue weighted by Gasteiger charge is -2.11. The molecule has 0 saturated heterocycles. The van der Waals surface area contributed by atoms with Crippen molar-refractivity contribution in [1.82, 2.24) is 5.32 Å². The molecule has 0 amide bonds.